The van der Waals surface area contributed by atoms with Gasteiger partial charge in [-0.25, -0.2) is 19.7 Å². The average molecular weight is 535 g/mol. The molecule has 0 saturated carbocycles. The quantitative estimate of drug-likeness (QED) is 0.281. The first-order valence-corrected chi connectivity index (χ1v) is 14.0. The molecule has 10 heteroatoms. The minimum atomic E-state index is -0.901. The number of fused-ring (bicyclic) bond motifs is 2. The van der Waals surface area contributed by atoms with E-state index in [0.29, 0.717) is 45.1 Å². The molecule has 5 rings (SSSR count). The van der Waals surface area contributed by atoms with Crippen molar-refractivity contribution in [2.24, 2.45) is 0 Å². The first-order chi connectivity index (χ1) is 19.2. The van der Waals surface area contributed by atoms with Gasteiger partial charge in [-0.1, -0.05) is 18.2 Å². The molecule has 2 unspecified atom stereocenters. The standard InChI is InChI=1S/C29H38N6O4/c36-29(37)26(34-28-24-8-1-2-9-25(24)31-20-32-28)12-15-35(18-23-19-38-16-17-39-23)14-4-3-7-22-11-10-21-6-5-13-30-27(21)33-22/h1-2,8-11,20,23,26H,3-7,12-19H2,(H,30,33)(H,36,37)(H,31,32,34). The first-order valence-electron chi connectivity index (χ1n) is 14.0. The molecule has 0 bridgehead atoms. The first kappa shape index (κ1) is 27.2. The lowest BCUT2D eigenvalue weighted by atomic mass is 10.1. The molecule has 10 nitrogen and oxygen atoms in total. The zero-order valence-corrected chi connectivity index (χ0v) is 22.3. The Morgan fingerprint density at radius 1 is 1.15 bits per heavy atom. The van der Waals surface area contributed by atoms with Gasteiger partial charge in [0.05, 0.1) is 31.4 Å². The topological polar surface area (TPSA) is 122 Å². The van der Waals surface area contributed by atoms with Gasteiger partial charge in [-0.15, -0.1) is 0 Å². The minimum absolute atomic E-state index is 0.00539. The number of hydrogen-bond donors (Lipinski definition) is 3. The van der Waals surface area contributed by atoms with Gasteiger partial charge >= 0.3 is 5.97 Å². The zero-order chi connectivity index (χ0) is 26.9. The molecular weight excluding hydrogens is 496 g/mol. The summed E-state index contributed by atoms with van der Waals surface area (Å²) in [5.41, 5.74) is 3.20. The molecule has 1 aromatic carbocycles. The molecule has 1 fully saturated rings. The fourth-order valence-corrected chi connectivity index (χ4v) is 5.23. The maximum Gasteiger partial charge on any atom is 0.326 e. The predicted molar refractivity (Wildman–Crippen MR) is 150 cm³/mol. The van der Waals surface area contributed by atoms with Crippen LogP contribution in [-0.4, -0.2) is 89.1 Å². The summed E-state index contributed by atoms with van der Waals surface area (Å²) < 4.78 is 11.5. The molecule has 0 aliphatic carbocycles. The maximum absolute atomic E-state index is 12.2. The summed E-state index contributed by atoms with van der Waals surface area (Å²) >= 11 is 0. The molecule has 0 spiro atoms. The molecule has 4 heterocycles. The number of benzene rings is 1. The van der Waals surface area contributed by atoms with Crippen molar-refractivity contribution in [3.8, 4) is 0 Å². The third-order valence-electron chi connectivity index (χ3n) is 7.34. The number of carboxylic acid groups (broad SMARTS) is 1. The summed E-state index contributed by atoms with van der Waals surface area (Å²) in [5.74, 6) is 0.677. The largest absolute Gasteiger partial charge is 0.480 e. The lowest BCUT2D eigenvalue weighted by molar-refractivity contribution is -0.138. The molecular formula is C29H38N6O4. The van der Waals surface area contributed by atoms with Gasteiger partial charge in [-0.05, 0) is 68.8 Å². The minimum Gasteiger partial charge on any atom is -0.480 e. The van der Waals surface area contributed by atoms with E-state index in [9.17, 15) is 9.90 Å². The van der Waals surface area contributed by atoms with E-state index >= 15 is 0 Å². The van der Waals surface area contributed by atoms with Gasteiger partial charge in [0.1, 0.15) is 24.0 Å². The van der Waals surface area contributed by atoms with E-state index in [1.165, 1.54) is 11.9 Å². The number of unbranched alkanes of at least 4 members (excludes halogenated alkanes) is 1. The Bertz CT molecular complexity index is 1230. The van der Waals surface area contributed by atoms with E-state index in [1.54, 1.807) is 0 Å². The van der Waals surface area contributed by atoms with Crippen LogP contribution in [-0.2, 0) is 27.1 Å². The predicted octanol–water partition coefficient (Wildman–Crippen LogP) is 3.38. The molecule has 0 amide bonds. The number of aliphatic carboxylic acids is 1. The molecule has 0 radical (unpaired) electrons. The highest BCUT2D eigenvalue weighted by molar-refractivity contribution is 5.90. The number of nitrogens with zero attached hydrogens (tertiary/aromatic N) is 4. The van der Waals surface area contributed by atoms with Crippen molar-refractivity contribution >= 4 is 28.5 Å². The summed E-state index contributed by atoms with van der Waals surface area (Å²) in [5, 5.41) is 17.4. The SMILES string of the molecule is O=C(O)C(CCN(CCCCc1ccc2c(n1)NCCC2)CC1COCCO1)Nc1ncnc2ccccc12. The number of para-hydroxylation sites is 1. The number of carbonyl (C=O) groups is 1. The van der Waals surface area contributed by atoms with E-state index in [-0.39, 0.29) is 6.10 Å². The van der Waals surface area contributed by atoms with Crippen LogP contribution in [0.2, 0.25) is 0 Å². The molecule has 3 N–H and O–H groups in total. The molecule has 39 heavy (non-hydrogen) atoms. The molecule has 3 aromatic rings. The summed E-state index contributed by atoms with van der Waals surface area (Å²) in [4.78, 5) is 27.9. The van der Waals surface area contributed by atoms with E-state index in [2.05, 4.69) is 37.6 Å². The van der Waals surface area contributed by atoms with Gasteiger partial charge < -0.3 is 30.1 Å². The molecule has 1 saturated heterocycles. The Morgan fingerprint density at radius 2 is 2.08 bits per heavy atom. The van der Waals surface area contributed by atoms with Crippen molar-refractivity contribution in [2.45, 2.75) is 50.7 Å². The number of rotatable bonds is 13. The maximum atomic E-state index is 12.2. The van der Waals surface area contributed by atoms with Gasteiger partial charge in [0.15, 0.2) is 0 Å². The van der Waals surface area contributed by atoms with Crippen molar-refractivity contribution in [1.82, 2.24) is 19.9 Å². The second kappa shape index (κ2) is 13.6. The summed E-state index contributed by atoms with van der Waals surface area (Å²) in [6.07, 6.45) is 7.06. The van der Waals surface area contributed by atoms with Crippen LogP contribution in [0.4, 0.5) is 11.6 Å². The highest BCUT2D eigenvalue weighted by Crippen LogP contribution is 2.21. The Hall–Kier alpha value is -3.34. The fraction of sp³-hybridized carbons (Fsp3) is 0.517. The van der Waals surface area contributed by atoms with Crippen LogP contribution in [0.15, 0.2) is 42.7 Å². The second-order valence-electron chi connectivity index (χ2n) is 10.2. The van der Waals surface area contributed by atoms with Crippen LogP contribution in [0.5, 0.6) is 0 Å². The van der Waals surface area contributed by atoms with E-state index in [0.717, 1.165) is 67.6 Å². The number of carboxylic acids is 1. The van der Waals surface area contributed by atoms with Crippen LogP contribution in [0.1, 0.15) is 36.9 Å². The van der Waals surface area contributed by atoms with Crippen molar-refractivity contribution in [1.29, 1.82) is 0 Å². The zero-order valence-electron chi connectivity index (χ0n) is 22.3. The van der Waals surface area contributed by atoms with Gasteiger partial charge in [0, 0.05) is 30.7 Å². The van der Waals surface area contributed by atoms with Crippen LogP contribution in [0.25, 0.3) is 10.9 Å². The van der Waals surface area contributed by atoms with Gasteiger partial charge in [0.2, 0.25) is 0 Å². The Labute approximate surface area is 229 Å². The van der Waals surface area contributed by atoms with E-state index in [1.807, 2.05) is 24.3 Å². The molecule has 2 aromatic heterocycles. The number of aryl methyl sites for hydroxylation is 2. The van der Waals surface area contributed by atoms with Gasteiger partial charge in [0.25, 0.3) is 0 Å². The van der Waals surface area contributed by atoms with Crippen LogP contribution in [0.3, 0.4) is 0 Å². The number of nitrogens with one attached hydrogen (secondary N) is 2. The lowest BCUT2D eigenvalue weighted by Crippen LogP contribution is -2.42. The Balaban J connectivity index is 1.17. The average Bonchev–Trinajstić information content (AvgIpc) is 2.97. The van der Waals surface area contributed by atoms with Crippen LogP contribution < -0.4 is 10.6 Å². The van der Waals surface area contributed by atoms with Gasteiger partial charge in [-0.3, -0.25) is 0 Å². The smallest absolute Gasteiger partial charge is 0.326 e. The van der Waals surface area contributed by atoms with Crippen molar-refractivity contribution in [3.63, 3.8) is 0 Å². The highest BCUT2D eigenvalue weighted by atomic mass is 16.6. The summed E-state index contributed by atoms with van der Waals surface area (Å²) in [7, 11) is 0. The monoisotopic (exact) mass is 534 g/mol. The highest BCUT2D eigenvalue weighted by Gasteiger charge is 2.23. The Morgan fingerprint density at radius 3 is 2.95 bits per heavy atom. The van der Waals surface area contributed by atoms with E-state index in [4.69, 9.17) is 14.5 Å². The molecule has 208 valence electrons. The molecule has 2 aliphatic rings. The van der Waals surface area contributed by atoms with Crippen LogP contribution >= 0.6 is 0 Å². The third kappa shape index (κ3) is 7.62. The number of aromatic nitrogens is 3. The third-order valence-corrected chi connectivity index (χ3v) is 7.34. The van der Waals surface area contributed by atoms with Gasteiger partial charge in [-0.2, -0.15) is 0 Å². The number of hydrogen-bond acceptors (Lipinski definition) is 9. The summed E-state index contributed by atoms with van der Waals surface area (Å²) in [6, 6.07) is 11.2. The normalized spacial score (nSPS) is 17.9. The number of ether oxygens (including phenoxy) is 2. The number of anilines is 2. The summed E-state index contributed by atoms with van der Waals surface area (Å²) in [6.45, 7) is 4.96. The van der Waals surface area contributed by atoms with Crippen molar-refractivity contribution in [3.05, 3.63) is 54.0 Å². The number of pyridine rings is 1. The fourth-order valence-electron chi connectivity index (χ4n) is 5.23. The van der Waals surface area contributed by atoms with Crippen LogP contribution in [0, 0.1) is 0 Å². The van der Waals surface area contributed by atoms with E-state index < -0.39 is 12.0 Å². The lowest BCUT2D eigenvalue weighted by Gasteiger charge is -2.30. The molecule has 2 aliphatic heterocycles. The van der Waals surface area contributed by atoms with Crippen molar-refractivity contribution < 1.29 is 19.4 Å². The Kier molecular flexibility index (Phi) is 9.52. The van der Waals surface area contributed by atoms with Crippen molar-refractivity contribution in [2.75, 3.05) is 56.6 Å². The molecule has 2 atom stereocenters. The second-order valence-corrected chi connectivity index (χ2v) is 10.2.